The maximum atomic E-state index is 12.5. The number of amides is 2. The molecule has 0 saturated carbocycles. The van der Waals surface area contributed by atoms with Gasteiger partial charge in [0, 0.05) is 30.8 Å². The minimum absolute atomic E-state index is 0.00820. The lowest BCUT2D eigenvalue weighted by Crippen LogP contribution is -2.30. The number of carbonyl (C=O) groups is 3. The molecule has 1 unspecified atom stereocenters. The van der Waals surface area contributed by atoms with E-state index in [0.717, 1.165) is 17.7 Å². The average molecular weight is 380 g/mol. The fourth-order valence-corrected chi connectivity index (χ4v) is 3.28. The molecule has 0 radical (unpaired) electrons. The highest BCUT2D eigenvalue weighted by atomic mass is 16.5. The van der Waals surface area contributed by atoms with Crippen LogP contribution in [0.2, 0.25) is 0 Å². The summed E-state index contributed by atoms with van der Waals surface area (Å²) in [7, 11) is 1.62. The lowest BCUT2D eigenvalue weighted by molar-refractivity contribution is -0.128. The number of rotatable bonds is 7. The first kappa shape index (κ1) is 19.6. The molecule has 1 heterocycles. The molecule has 1 N–H and O–H groups in total. The van der Waals surface area contributed by atoms with Crippen LogP contribution in [0.5, 0.6) is 5.75 Å². The summed E-state index contributed by atoms with van der Waals surface area (Å²) in [6, 6.07) is 14.6. The summed E-state index contributed by atoms with van der Waals surface area (Å²) in [6.07, 6.45) is 0.936. The second kappa shape index (κ2) is 8.69. The van der Waals surface area contributed by atoms with Gasteiger partial charge in [-0.05, 0) is 43.2 Å². The molecular weight excluding hydrogens is 356 g/mol. The molecule has 1 aliphatic heterocycles. The SMILES string of the molecule is COc1ccc(CCN2CC(C(=O)Nc3cccc(C(C)=O)c3)CC2=O)cc1. The van der Waals surface area contributed by atoms with Gasteiger partial charge in [-0.3, -0.25) is 14.4 Å². The fraction of sp³-hybridized carbons (Fsp3) is 0.318. The van der Waals surface area contributed by atoms with Crippen molar-refractivity contribution in [3.63, 3.8) is 0 Å². The van der Waals surface area contributed by atoms with Crippen molar-refractivity contribution < 1.29 is 19.1 Å². The normalized spacial score (nSPS) is 16.1. The third-order valence-corrected chi connectivity index (χ3v) is 4.95. The first-order valence-electron chi connectivity index (χ1n) is 9.29. The molecule has 6 nitrogen and oxygen atoms in total. The predicted octanol–water partition coefficient (Wildman–Crippen LogP) is 2.93. The number of anilines is 1. The molecular formula is C22H24N2O4. The molecule has 3 rings (SSSR count). The lowest BCUT2D eigenvalue weighted by atomic mass is 10.1. The number of nitrogens with zero attached hydrogens (tertiary/aromatic N) is 1. The number of ether oxygens (including phenoxy) is 1. The van der Waals surface area contributed by atoms with Gasteiger partial charge in [-0.15, -0.1) is 0 Å². The number of Topliss-reactive ketones (excluding diaryl/α,β-unsaturated/α-hetero) is 1. The van der Waals surface area contributed by atoms with E-state index in [1.807, 2.05) is 24.3 Å². The number of hydrogen-bond acceptors (Lipinski definition) is 4. The second-order valence-corrected chi connectivity index (χ2v) is 6.97. The van der Waals surface area contributed by atoms with Crippen LogP contribution < -0.4 is 10.1 Å². The van der Waals surface area contributed by atoms with Crippen LogP contribution in [0.3, 0.4) is 0 Å². The maximum absolute atomic E-state index is 12.5. The quantitative estimate of drug-likeness (QED) is 0.750. The Labute approximate surface area is 164 Å². The Morgan fingerprint density at radius 2 is 1.93 bits per heavy atom. The summed E-state index contributed by atoms with van der Waals surface area (Å²) < 4.78 is 5.15. The van der Waals surface area contributed by atoms with Crippen LogP contribution in [0.1, 0.15) is 29.3 Å². The van der Waals surface area contributed by atoms with E-state index in [2.05, 4.69) is 5.32 Å². The number of ketones is 1. The van der Waals surface area contributed by atoms with Gasteiger partial charge in [0.25, 0.3) is 0 Å². The summed E-state index contributed by atoms with van der Waals surface area (Å²) in [5.41, 5.74) is 2.23. The van der Waals surface area contributed by atoms with Gasteiger partial charge in [0.2, 0.25) is 11.8 Å². The zero-order chi connectivity index (χ0) is 20.1. The van der Waals surface area contributed by atoms with Crippen molar-refractivity contribution in [2.75, 3.05) is 25.5 Å². The van der Waals surface area contributed by atoms with E-state index >= 15 is 0 Å². The zero-order valence-electron chi connectivity index (χ0n) is 16.1. The molecule has 1 saturated heterocycles. The van der Waals surface area contributed by atoms with Crippen LogP contribution in [-0.4, -0.2) is 42.7 Å². The highest BCUT2D eigenvalue weighted by Crippen LogP contribution is 2.21. The maximum Gasteiger partial charge on any atom is 0.229 e. The van der Waals surface area contributed by atoms with E-state index in [9.17, 15) is 14.4 Å². The van der Waals surface area contributed by atoms with Crippen LogP contribution in [0.25, 0.3) is 0 Å². The van der Waals surface area contributed by atoms with Crippen molar-refractivity contribution >= 4 is 23.3 Å². The molecule has 1 atom stereocenters. The number of benzene rings is 2. The third-order valence-electron chi connectivity index (χ3n) is 4.95. The molecule has 6 heteroatoms. The van der Waals surface area contributed by atoms with Crippen molar-refractivity contribution in [2.45, 2.75) is 19.8 Å². The van der Waals surface area contributed by atoms with Crippen molar-refractivity contribution in [1.82, 2.24) is 4.90 Å². The zero-order valence-corrected chi connectivity index (χ0v) is 16.1. The summed E-state index contributed by atoms with van der Waals surface area (Å²) >= 11 is 0. The molecule has 146 valence electrons. The fourth-order valence-electron chi connectivity index (χ4n) is 3.28. The van der Waals surface area contributed by atoms with E-state index < -0.39 is 0 Å². The Kier molecular flexibility index (Phi) is 6.09. The van der Waals surface area contributed by atoms with Crippen LogP contribution in [0.4, 0.5) is 5.69 Å². The Morgan fingerprint density at radius 1 is 1.18 bits per heavy atom. The Balaban J connectivity index is 1.55. The summed E-state index contributed by atoms with van der Waals surface area (Å²) in [5, 5.41) is 2.82. The number of hydrogen-bond donors (Lipinski definition) is 1. The molecule has 0 aliphatic carbocycles. The minimum atomic E-state index is -0.385. The number of methoxy groups -OCH3 is 1. The van der Waals surface area contributed by atoms with Gasteiger partial charge in [-0.25, -0.2) is 0 Å². The van der Waals surface area contributed by atoms with Gasteiger partial charge in [0.05, 0.1) is 13.0 Å². The Bertz CT molecular complexity index is 876. The highest BCUT2D eigenvalue weighted by molar-refractivity contribution is 5.99. The molecule has 1 aliphatic rings. The summed E-state index contributed by atoms with van der Waals surface area (Å²) in [4.78, 5) is 38.0. The summed E-state index contributed by atoms with van der Waals surface area (Å²) in [5.74, 6) is 0.153. The van der Waals surface area contributed by atoms with Crippen molar-refractivity contribution in [1.29, 1.82) is 0 Å². The summed E-state index contributed by atoms with van der Waals surface area (Å²) in [6.45, 7) is 2.47. The van der Waals surface area contributed by atoms with Crippen molar-refractivity contribution in [2.24, 2.45) is 5.92 Å². The smallest absolute Gasteiger partial charge is 0.229 e. The molecule has 2 aromatic carbocycles. The molecule has 28 heavy (non-hydrogen) atoms. The molecule has 1 fully saturated rings. The molecule has 2 aromatic rings. The first-order valence-corrected chi connectivity index (χ1v) is 9.29. The average Bonchev–Trinajstić information content (AvgIpc) is 3.08. The van der Waals surface area contributed by atoms with Gasteiger partial charge in [-0.2, -0.15) is 0 Å². The Morgan fingerprint density at radius 3 is 2.61 bits per heavy atom. The first-order chi connectivity index (χ1) is 13.5. The van der Waals surface area contributed by atoms with Crippen LogP contribution in [0, 0.1) is 5.92 Å². The van der Waals surface area contributed by atoms with Gasteiger partial charge < -0.3 is 15.0 Å². The topological polar surface area (TPSA) is 75.7 Å². The number of likely N-dealkylation sites (tertiary alicyclic amines) is 1. The highest BCUT2D eigenvalue weighted by Gasteiger charge is 2.34. The van der Waals surface area contributed by atoms with Gasteiger partial charge >= 0.3 is 0 Å². The lowest BCUT2D eigenvalue weighted by Gasteiger charge is -2.17. The van der Waals surface area contributed by atoms with Crippen LogP contribution >= 0.6 is 0 Å². The van der Waals surface area contributed by atoms with E-state index in [0.29, 0.717) is 24.3 Å². The van der Waals surface area contributed by atoms with E-state index in [4.69, 9.17) is 4.74 Å². The largest absolute Gasteiger partial charge is 0.497 e. The second-order valence-electron chi connectivity index (χ2n) is 6.97. The number of carbonyl (C=O) groups excluding carboxylic acids is 3. The molecule has 0 spiro atoms. The van der Waals surface area contributed by atoms with Gasteiger partial charge in [-0.1, -0.05) is 24.3 Å². The Hall–Kier alpha value is -3.15. The third kappa shape index (κ3) is 4.76. The molecule has 0 bridgehead atoms. The molecule has 0 aromatic heterocycles. The van der Waals surface area contributed by atoms with Crippen molar-refractivity contribution in [3.05, 3.63) is 59.7 Å². The van der Waals surface area contributed by atoms with Gasteiger partial charge in [0.1, 0.15) is 5.75 Å². The van der Waals surface area contributed by atoms with E-state index in [-0.39, 0.29) is 29.9 Å². The minimum Gasteiger partial charge on any atom is -0.497 e. The molecule has 2 amide bonds. The number of nitrogens with one attached hydrogen (secondary N) is 1. The van der Waals surface area contributed by atoms with Crippen LogP contribution in [0.15, 0.2) is 48.5 Å². The van der Waals surface area contributed by atoms with Crippen LogP contribution in [-0.2, 0) is 16.0 Å². The van der Waals surface area contributed by atoms with E-state index in [1.54, 1.807) is 36.3 Å². The van der Waals surface area contributed by atoms with Crippen molar-refractivity contribution in [3.8, 4) is 5.75 Å². The monoisotopic (exact) mass is 380 g/mol. The van der Waals surface area contributed by atoms with Gasteiger partial charge in [0.15, 0.2) is 5.78 Å². The predicted molar refractivity (Wildman–Crippen MR) is 106 cm³/mol. The van der Waals surface area contributed by atoms with E-state index in [1.165, 1.54) is 6.92 Å². The standard InChI is InChI=1S/C22H24N2O4/c1-15(25)17-4-3-5-19(12-17)23-22(27)18-13-21(26)24(14-18)11-10-16-6-8-20(28-2)9-7-16/h3-9,12,18H,10-11,13-14H2,1-2H3,(H,23,27).